The molecule has 0 aliphatic carbocycles. The number of halogens is 2. The predicted molar refractivity (Wildman–Crippen MR) is 183 cm³/mol. The van der Waals surface area contributed by atoms with Crippen molar-refractivity contribution >= 4 is 40.9 Å². The molecule has 5 aromatic rings. The smallest absolute Gasteiger partial charge is 0.323 e. The van der Waals surface area contributed by atoms with Crippen LogP contribution in [0, 0.1) is 18.7 Å². The summed E-state index contributed by atoms with van der Waals surface area (Å²) in [4.78, 5) is 44.1. The van der Waals surface area contributed by atoms with E-state index < -0.39 is 35.4 Å². The maximum atomic E-state index is 15.3. The molecule has 2 atom stereocenters. The summed E-state index contributed by atoms with van der Waals surface area (Å²) in [7, 11) is 1.55. The topological polar surface area (TPSA) is 140 Å². The molecule has 0 bridgehead atoms. The van der Waals surface area contributed by atoms with E-state index in [1.54, 1.807) is 86.4 Å². The van der Waals surface area contributed by atoms with Gasteiger partial charge < -0.3 is 25.3 Å². The summed E-state index contributed by atoms with van der Waals surface area (Å²) in [6.07, 6.45) is 0.871. The first-order chi connectivity index (χ1) is 22.5. The Morgan fingerprint density at radius 2 is 1.73 bits per heavy atom. The number of carbonyl (C=O) groups excluding carboxylic acids is 2. The second-order valence-electron chi connectivity index (χ2n) is 11.4. The molecule has 0 spiro atoms. The van der Waals surface area contributed by atoms with Gasteiger partial charge in [0.1, 0.15) is 29.2 Å². The van der Waals surface area contributed by atoms with Crippen molar-refractivity contribution in [2.75, 3.05) is 12.4 Å². The minimum atomic E-state index is -0.800. The van der Waals surface area contributed by atoms with Gasteiger partial charge in [0.2, 0.25) is 0 Å². The third-order valence-corrected chi connectivity index (χ3v) is 7.68. The maximum absolute atomic E-state index is 15.3. The number of nitrogens with zero attached hydrogens (tertiary/aromatic N) is 3. The minimum absolute atomic E-state index is 0. The van der Waals surface area contributed by atoms with E-state index in [1.165, 1.54) is 16.8 Å². The lowest BCUT2D eigenvalue weighted by Gasteiger charge is -2.21. The van der Waals surface area contributed by atoms with Crippen molar-refractivity contribution in [1.29, 1.82) is 0 Å². The van der Waals surface area contributed by atoms with Crippen LogP contribution in [0.25, 0.3) is 16.6 Å². The second kappa shape index (κ2) is 15.1. The highest BCUT2D eigenvalue weighted by molar-refractivity contribution is 6.05. The number of anilines is 1. The summed E-state index contributed by atoms with van der Waals surface area (Å²) in [5, 5.41) is 3.29. The van der Waals surface area contributed by atoms with E-state index in [1.807, 2.05) is 13.8 Å². The number of ether oxygens (including phenoxy) is 3. The van der Waals surface area contributed by atoms with E-state index >= 15 is 4.39 Å². The van der Waals surface area contributed by atoms with Crippen LogP contribution in [0.15, 0.2) is 83.8 Å². The number of esters is 1. The summed E-state index contributed by atoms with van der Waals surface area (Å²) in [5.74, 6) is -1.20. The molecule has 1 amide bonds. The number of hydrogen-bond donors (Lipinski definition) is 2. The Labute approximate surface area is 282 Å². The number of aromatic nitrogens is 3. The van der Waals surface area contributed by atoms with Gasteiger partial charge in [-0.1, -0.05) is 32.0 Å². The van der Waals surface area contributed by atoms with Crippen LogP contribution in [-0.2, 0) is 16.1 Å². The number of para-hydroxylation sites is 1. The summed E-state index contributed by atoms with van der Waals surface area (Å²) in [6.45, 7) is 7.00. The van der Waals surface area contributed by atoms with Crippen molar-refractivity contribution in [3.63, 3.8) is 0 Å². The summed E-state index contributed by atoms with van der Waals surface area (Å²) < 4.78 is 34.9. The lowest BCUT2D eigenvalue weighted by molar-refractivity contribution is -0.151. The molecule has 252 valence electrons. The van der Waals surface area contributed by atoms with Crippen LogP contribution in [0.2, 0.25) is 0 Å². The first kappa shape index (κ1) is 35.7. The molecule has 2 aromatic heterocycles. The van der Waals surface area contributed by atoms with Gasteiger partial charge in [0.25, 0.3) is 11.5 Å². The van der Waals surface area contributed by atoms with E-state index in [0.29, 0.717) is 33.8 Å². The molecule has 0 saturated carbocycles. The van der Waals surface area contributed by atoms with Crippen LogP contribution in [0.5, 0.6) is 17.2 Å². The summed E-state index contributed by atoms with van der Waals surface area (Å²) in [6, 6.07) is 18.8. The van der Waals surface area contributed by atoms with E-state index in [0.717, 1.165) is 6.07 Å². The standard InChI is InChI=1S/C35H36FN5O6.ClH/c1-20(2)32(37)35(44)46-21(3)19-40-22(4)31(34(43)41(40)24-9-7-6-8-10-24)33(42)39-23-11-14-30(27(36)17-23)47-29-15-16-38-28-18-25(45-5)12-13-26(28)29;/h6-18,20-21,32H,19,37H2,1-5H3,(H,39,42);1H/t21-,32-;/m0./s1. The molecule has 11 nitrogen and oxygen atoms in total. The van der Waals surface area contributed by atoms with Gasteiger partial charge in [0.15, 0.2) is 11.6 Å². The molecule has 0 saturated heterocycles. The fourth-order valence-corrected chi connectivity index (χ4v) is 5.08. The predicted octanol–water partition coefficient (Wildman–Crippen LogP) is 6.02. The monoisotopic (exact) mass is 677 g/mol. The lowest BCUT2D eigenvalue weighted by atomic mass is 10.1. The van der Waals surface area contributed by atoms with Crippen LogP contribution in [0.3, 0.4) is 0 Å². The quantitative estimate of drug-likeness (QED) is 0.162. The van der Waals surface area contributed by atoms with Crippen molar-refractivity contribution in [2.45, 2.75) is 46.4 Å². The highest BCUT2D eigenvalue weighted by atomic mass is 35.5. The van der Waals surface area contributed by atoms with Crippen molar-refractivity contribution in [1.82, 2.24) is 14.3 Å². The molecule has 0 fully saturated rings. The Bertz CT molecular complexity index is 2000. The van der Waals surface area contributed by atoms with Gasteiger partial charge in [0, 0.05) is 29.4 Å². The van der Waals surface area contributed by atoms with Gasteiger partial charge in [-0.2, -0.15) is 0 Å². The molecule has 0 unspecified atom stereocenters. The highest BCUT2D eigenvalue weighted by Crippen LogP contribution is 2.33. The number of rotatable bonds is 11. The Morgan fingerprint density at radius 1 is 1.00 bits per heavy atom. The van der Waals surface area contributed by atoms with Gasteiger partial charge in [-0.05, 0) is 62.2 Å². The van der Waals surface area contributed by atoms with Crippen LogP contribution >= 0.6 is 12.4 Å². The molecule has 3 aromatic carbocycles. The minimum Gasteiger partial charge on any atom is -0.497 e. The number of amides is 1. The Morgan fingerprint density at radius 3 is 2.40 bits per heavy atom. The SMILES string of the molecule is COc1ccc2c(Oc3ccc(NC(=O)c4c(C)n(C[C@H](C)OC(=O)[C@@H](N)C(C)C)n(-c5ccccc5)c4=O)cc3F)ccnc2c1.Cl. The summed E-state index contributed by atoms with van der Waals surface area (Å²) in [5.41, 5.74) is 6.78. The third-order valence-electron chi connectivity index (χ3n) is 7.68. The van der Waals surface area contributed by atoms with E-state index in [-0.39, 0.29) is 41.9 Å². The van der Waals surface area contributed by atoms with E-state index in [4.69, 9.17) is 19.9 Å². The van der Waals surface area contributed by atoms with Crippen LogP contribution in [0.4, 0.5) is 10.1 Å². The zero-order valence-electron chi connectivity index (χ0n) is 27.1. The number of fused-ring (bicyclic) bond motifs is 1. The number of methoxy groups -OCH3 is 1. The highest BCUT2D eigenvalue weighted by Gasteiger charge is 2.27. The Kier molecular flexibility index (Phi) is 11.2. The zero-order chi connectivity index (χ0) is 33.8. The van der Waals surface area contributed by atoms with Gasteiger partial charge in [-0.3, -0.25) is 24.0 Å². The fourth-order valence-electron chi connectivity index (χ4n) is 5.08. The average Bonchev–Trinajstić information content (AvgIpc) is 3.29. The number of nitrogens with two attached hydrogens (primary N) is 1. The normalized spacial score (nSPS) is 12.2. The summed E-state index contributed by atoms with van der Waals surface area (Å²) >= 11 is 0. The Hall–Kier alpha value is -5.20. The number of hydrogen-bond acceptors (Lipinski definition) is 8. The molecule has 0 radical (unpaired) electrons. The third kappa shape index (κ3) is 7.50. The van der Waals surface area contributed by atoms with Gasteiger partial charge in [-0.25, -0.2) is 9.07 Å². The number of pyridine rings is 1. The molecular formula is C35H37ClFN5O6. The second-order valence-corrected chi connectivity index (χ2v) is 11.4. The molecule has 3 N–H and O–H groups in total. The van der Waals surface area contributed by atoms with Crippen molar-refractivity contribution in [2.24, 2.45) is 11.7 Å². The van der Waals surface area contributed by atoms with E-state index in [9.17, 15) is 14.4 Å². The molecule has 48 heavy (non-hydrogen) atoms. The van der Waals surface area contributed by atoms with Crippen LogP contribution in [-0.4, -0.2) is 45.5 Å². The number of carbonyl (C=O) groups is 2. The van der Waals surface area contributed by atoms with Crippen molar-refractivity contribution < 1.29 is 28.2 Å². The van der Waals surface area contributed by atoms with E-state index in [2.05, 4.69) is 10.3 Å². The number of nitrogens with one attached hydrogen (secondary N) is 1. The molecule has 13 heteroatoms. The zero-order valence-corrected chi connectivity index (χ0v) is 27.9. The molecule has 0 aliphatic heterocycles. The van der Waals surface area contributed by atoms with Crippen LogP contribution < -0.4 is 26.1 Å². The largest absolute Gasteiger partial charge is 0.497 e. The first-order valence-electron chi connectivity index (χ1n) is 15.0. The van der Waals surface area contributed by atoms with Crippen molar-refractivity contribution in [3.05, 3.63) is 106 Å². The first-order valence-corrected chi connectivity index (χ1v) is 15.0. The van der Waals surface area contributed by atoms with Crippen molar-refractivity contribution in [3.8, 4) is 22.9 Å². The average molecular weight is 678 g/mol. The lowest BCUT2D eigenvalue weighted by Crippen LogP contribution is -2.39. The molecule has 5 rings (SSSR count). The molecule has 2 heterocycles. The fraction of sp³-hybridized carbons (Fsp3) is 0.257. The van der Waals surface area contributed by atoms with Crippen LogP contribution in [0.1, 0.15) is 36.8 Å². The molecule has 0 aliphatic rings. The number of benzene rings is 3. The molecular weight excluding hydrogens is 641 g/mol. The van der Waals surface area contributed by atoms with Gasteiger partial charge >= 0.3 is 5.97 Å². The maximum Gasteiger partial charge on any atom is 0.323 e. The van der Waals surface area contributed by atoms with Gasteiger partial charge in [0.05, 0.1) is 30.6 Å². The van der Waals surface area contributed by atoms with Gasteiger partial charge in [-0.15, -0.1) is 12.4 Å². The Balaban J connectivity index is 0.00000520.